The van der Waals surface area contributed by atoms with Gasteiger partial charge in [0.1, 0.15) is 11.9 Å². The second kappa shape index (κ2) is 17.6. The number of carbonyl (C=O) groups excluding carboxylic acids is 2. The lowest BCUT2D eigenvalue weighted by Gasteiger charge is -2.36. The van der Waals surface area contributed by atoms with Crippen LogP contribution in [0.5, 0.6) is 5.75 Å². The number of nitrogens with one attached hydrogen (secondary N) is 4. The first-order valence-corrected chi connectivity index (χ1v) is 18.6. The largest absolute Gasteiger partial charge is 0.506 e. The summed E-state index contributed by atoms with van der Waals surface area (Å²) in [5, 5.41) is 30.8. The molecule has 2 amide bonds. The number of aromatic hydroxyl groups is 1. The number of fused-ring (bicyclic) bond motifs is 1. The van der Waals surface area contributed by atoms with Gasteiger partial charge in [0, 0.05) is 55.9 Å². The molecule has 5 aromatic rings. The summed E-state index contributed by atoms with van der Waals surface area (Å²) in [5.74, 6) is -0.0768. The number of aryl methyl sites for hydroxylation is 1. The van der Waals surface area contributed by atoms with Gasteiger partial charge in [-0.1, -0.05) is 72.8 Å². The summed E-state index contributed by atoms with van der Waals surface area (Å²) in [6.45, 7) is 3.17. The zero-order valence-electron chi connectivity index (χ0n) is 30.9. The first-order chi connectivity index (χ1) is 26.0. The number of phenolic OH excluding ortho intramolecular Hbond substituents is 1. The van der Waals surface area contributed by atoms with Crippen molar-refractivity contribution < 1.29 is 29.0 Å². The van der Waals surface area contributed by atoms with Crippen LogP contribution in [-0.2, 0) is 29.0 Å². The molecule has 1 saturated heterocycles. The molecule has 11 heteroatoms. The van der Waals surface area contributed by atoms with Gasteiger partial charge in [0.15, 0.2) is 0 Å². The number of anilines is 1. The molecule has 0 spiro atoms. The number of piperidine rings is 1. The molecule has 0 radical (unpaired) electrons. The molecule has 0 unspecified atom stereocenters. The molecule has 1 atom stereocenters. The average Bonchev–Trinajstić information content (AvgIpc) is 3.16. The highest BCUT2D eigenvalue weighted by Gasteiger charge is 2.28. The van der Waals surface area contributed by atoms with E-state index in [0.717, 1.165) is 58.2 Å². The van der Waals surface area contributed by atoms with Crippen molar-refractivity contribution in [2.24, 2.45) is 0 Å². The molecule has 6 N–H and O–H groups in total. The highest BCUT2D eigenvalue weighted by atomic mass is 16.6. The molecule has 0 aliphatic carbocycles. The maximum absolute atomic E-state index is 13.0. The Morgan fingerprint density at radius 1 is 0.889 bits per heavy atom. The van der Waals surface area contributed by atoms with Gasteiger partial charge < -0.3 is 35.1 Å². The quantitative estimate of drug-likeness (QED) is 0.0750. The second-order valence-corrected chi connectivity index (χ2v) is 14.7. The number of likely N-dealkylation sites (tertiary alicyclic amines) is 1. The minimum absolute atomic E-state index is 0.0299. The van der Waals surface area contributed by atoms with Crippen LogP contribution in [0.15, 0.2) is 102 Å². The Morgan fingerprint density at radius 2 is 1.59 bits per heavy atom. The molecule has 0 saturated carbocycles. The van der Waals surface area contributed by atoms with Crippen molar-refractivity contribution in [2.45, 2.75) is 57.4 Å². The number of H-pyrrole nitrogens is 1. The Bertz CT molecular complexity index is 2110. The molecule has 2 heterocycles. The van der Waals surface area contributed by atoms with E-state index in [1.165, 1.54) is 12.1 Å². The van der Waals surface area contributed by atoms with E-state index in [1.54, 1.807) is 12.1 Å². The summed E-state index contributed by atoms with van der Waals surface area (Å²) in [7, 11) is 4.40. The van der Waals surface area contributed by atoms with Crippen molar-refractivity contribution in [3.63, 3.8) is 0 Å². The van der Waals surface area contributed by atoms with Crippen LogP contribution in [0.25, 0.3) is 22.0 Å². The van der Waals surface area contributed by atoms with Gasteiger partial charge in [-0.2, -0.15) is 0 Å². The third kappa shape index (κ3) is 10.3. The molecular formula is C43H50N5O6+. The predicted molar refractivity (Wildman–Crippen MR) is 211 cm³/mol. The van der Waals surface area contributed by atoms with E-state index in [-0.39, 0.29) is 29.9 Å². The standard InChI is InChI=1S/C43H49N5O6/c1-48(2)23-21-33(22-24-48)54-43(53)46-37-25-29(15-16-34(37)32-8-4-3-5-9-32)7-6-10-40(51)45-27-31-13-11-30(12-14-31)26-44-28-39(50)35-17-19-38(49)42-36(35)18-20-41(52)47-42/h3-5,8-9,11-20,25,33,39,44,50H,6-7,10,21-24,26-28H2,1-2H3,(H3-,45,46,47,49,51,52,53)/p+1/t39-/m1/s1. The van der Waals surface area contributed by atoms with Crippen LogP contribution >= 0.6 is 0 Å². The van der Waals surface area contributed by atoms with Gasteiger partial charge in [0.25, 0.3) is 0 Å². The summed E-state index contributed by atoms with van der Waals surface area (Å²) < 4.78 is 6.76. The normalized spacial score (nSPS) is 14.7. The van der Waals surface area contributed by atoms with Gasteiger partial charge in [0.2, 0.25) is 11.5 Å². The summed E-state index contributed by atoms with van der Waals surface area (Å²) in [5.41, 5.74) is 6.22. The highest BCUT2D eigenvalue weighted by molar-refractivity contribution is 5.92. The van der Waals surface area contributed by atoms with E-state index < -0.39 is 12.2 Å². The fraction of sp³-hybridized carbons (Fsp3) is 0.326. The van der Waals surface area contributed by atoms with Gasteiger partial charge in [-0.25, -0.2) is 4.79 Å². The van der Waals surface area contributed by atoms with Gasteiger partial charge >= 0.3 is 6.09 Å². The molecule has 282 valence electrons. The van der Waals surface area contributed by atoms with Crippen LogP contribution in [0.2, 0.25) is 0 Å². The van der Waals surface area contributed by atoms with Crippen molar-refractivity contribution in [3.8, 4) is 16.9 Å². The molecule has 0 bridgehead atoms. The number of aromatic nitrogens is 1. The number of aromatic amines is 1. The maximum Gasteiger partial charge on any atom is 0.411 e. The number of rotatable bonds is 14. The van der Waals surface area contributed by atoms with Gasteiger partial charge in [-0.05, 0) is 58.9 Å². The number of benzene rings is 4. The summed E-state index contributed by atoms with van der Waals surface area (Å²) >= 11 is 0. The molecule has 54 heavy (non-hydrogen) atoms. The number of hydrogen-bond donors (Lipinski definition) is 6. The lowest BCUT2D eigenvalue weighted by Crippen LogP contribution is -2.48. The first-order valence-electron chi connectivity index (χ1n) is 18.6. The maximum atomic E-state index is 13.0. The minimum atomic E-state index is -0.844. The highest BCUT2D eigenvalue weighted by Crippen LogP contribution is 2.31. The van der Waals surface area contributed by atoms with Gasteiger partial charge in [-0.15, -0.1) is 0 Å². The van der Waals surface area contributed by atoms with Crippen molar-refractivity contribution in [1.29, 1.82) is 0 Å². The van der Waals surface area contributed by atoms with E-state index in [1.807, 2.05) is 72.8 Å². The van der Waals surface area contributed by atoms with Crippen LogP contribution in [0, 0.1) is 0 Å². The number of hydrogen-bond acceptors (Lipinski definition) is 7. The minimum Gasteiger partial charge on any atom is -0.506 e. The van der Waals surface area contributed by atoms with Crippen LogP contribution in [0.3, 0.4) is 0 Å². The molecule has 1 aromatic heterocycles. The fourth-order valence-corrected chi connectivity index (χ4v) is 6.90. The summed E-state index contributed by atoms with van der Waals surface area (Å²) in [6.07, 6.45) is 2.03. The monoisotopic (exact) mass is 732 g/mol. The Hall–Kier alpha value is -5.49. The SMILES string of the molecule is C[N+]1(C)CCC(OC(=O)Nc2cc(CCCC(=O)NCc3ccc(CNC[C@@H](O)c4ccc(O)c5[nH]c(=O)ccc45)cc3)ccc2-c2ccccc2)CC1. The zero-order valence-corrected chi connectivity index (χ0v) is 30.9. The number of ether oxygens (including phenoxy) is 1. The molecule has 1 aliphatic rings. The topological polar surface area (TPSA) is 153 Å². The van der Waals surface area contributed by atoms with Crippen LogP contribution < -0.4 is 21.5 Å². The van der Waals surface area contributed by atoms with E-state index in [0.29, 0.717) is 54.5 Å². The Kier molecular flexibility index (Phi) is 12.4. The first kappa shape index (κ1) is 38.2. The Balaban J connectivity index is 0.949. The average molecular weight is 733 g/mol. The third-order valence-corrected chi connectivity index (χ3v) is 10.1. The fourth-order valence-electron chi connectivity index (χ4n) is 6.90. The number of carbonyl (C=O) groups is 2. The lowest BCUT2D eigenvalue weighted by molar-refractivity contribution is -0.896. The van der Waals surface area contributed by atoms with E-state index >= 15 is 0 Å². The van der Waals surface area contributed by atoms with Crippen LogP contribution in [-0.4, -0.2) is 71.5 Å². The van der Waals surface area contributed by atoms with Gasteiger partial charge in [-0.3, -0.25) is 14.9 Å². The second-order valence-electron chi connectivity index (χ2n) is 14.7. The molecule has 1 aliphatic heterocycles. The van der Waals surface area contributed by atoms with Crippen molar-refractivity contribution in [2.75, 3.05) is 39.0 Å². The molecular weight excluding hydrogens is 683 g/mol. The number of aliphatic hydroxyl groups excluding tert-OH is 1. The molecule has 6 rings (SSSR count). The Labute approximate surface area is 315 Å². The van der Waals surface area contributed by atoms with E-state index in [9.17, 15) is 24.6 Å². The number of pyridine rings is 1. The van der Waals surface area contributed by atoms with Crippen molar-refractivity contribution in [1.82, 2.24) is 15.6 Å². The van der Waals surface area contributed by atoms with Crippen LogP contribution in [0.1, 0.15) is 54.0 Å². The predicted octanol–water partition coefficient (Wildman–Crippen LogP) is 6.15. The number of amides is 2. The Morgan fingerprint density at radius 3 is 2.33 bits per heavy atom. The number of aliphatic hydroxyl groups is 1. The number of nitrogens with zero attached hydrogens (tertiary/aromatic N) is 1. The summed E-state index contributed by atoms with van der Waals surface area (Å²) in [6, 6.07) is 30.0. The van der Waals surface area contributed by atoms with Crippen molar-refractivity contribution in [3.05, 3.63) is 130 Å². The molecule has 4 aromatic carbocycles. The smallest absolute Gasteiger partial charge is 0.411 e. The van der Waals surface area contributed by atoms with Crippen LogP contribution in [0.4, 0.5) is 10.5 Å². The third-order valence-electron chi connectivity index (χ3n) is 10.1. The molecule has 11 nitrogen and oxygen atoms in total. The summed E-state index contributed by atoms with van der Waals surface area (Å²) in [4.78, 5) is 40.1. The van der Waals surface area contributed by atoms with Gasteiger partial charge in [0.05, 0.1) is 44.5 Å². The lowest BCUT2D eigenvalue weighted by atomic mass is 9.99. The zero-order chi connectivity index (χ0) is 38.1. The van der Waals surface area contributed by atoms with Crippen molar-refractivity contribution >= 4 is 28.6 Å². The number of quaternary nitrogens is 1. The molecule has 1 fully saturated rings. The van der Waals surface area contributed by atoms with E-state index in [2.05, 4.69) is 35.0 Å². The van der Waals surface area contributed by atoms with E-state index in [4.69, 9.17) is 4.74 Å². The number of phenols is 1.